The van der Waals surface area contributed by atoms with Crippen LogP contribution in [-0.4, -0.2) is 23.3 Å². The normalized spacial score (nSPS) is 11.3. The van der Waals surface area contributed by atoms with Gasteiger partial charge in [-0.1, -0.05) is 27.7 Å². The number of phenolic OH excluding ortho intramolecular Hbond substituents is 2. The molecule has 0 spiro atoms. The number of rotatable bonds is 5. The van der Waals surface area contributed by atoms with Gasteiger partial charge in [0.25, 0.3) is 0 Å². The molecule has 18 heavy (non-hydrogen) atoms. The average molecular weight is 251 g/mol. The summed E-state index contributed by atoms with van der Waals surface area (Å²) in [6.45, 7) is 12.2. The first-order valence-corrected chi connectivity index (χ1v) is 6.58. The Morgan fingerprint density at radius 2 is 1.33 bits per heavy atom. The van der Waals surface area contributed by atoms with Crippen LogP contribution in [0.1, 0.15) is 33.3 Å². The van der Waals surface area contributed by atoms with Crippen LogP contribution in [0.5, 0.6) is 11.5 Å². The van der Waals surface area contributed by atoms with Crippen molar-refractivity contribution in [3.63, 3.8) is 0 Å². The van der Waals surface area contributed by atoms with Crippen molar-refractivity contribution in [1.29, 1.82) is 0 Å². The molecule has 1 rings (SSSR count). The fraction of sp³-hybridized carbons (Fsp3) is 0.600. The first-order valence-electron chi connectivity index (χ1n) is 6.58. The van der Waals surface area contributed by atoms with Crippen molar-refractivity contribution in [2.45, 2.75) is 34.6 Å². The lowest BCUT2D eigenvalue weighted by Gasteiger charge is -2.29. The van der Waals surface area contributed by atoms with Gasteiger partial charge in [-0.3, -0.25) is 0 Å². The van der Waals surface area contributed by atoms with Crippen molar-refractivity contribution in [3.05, 3.63) is 17.7 Å². The molecule has 0 aliphatic heterocycles. The number of aromatic hydroxyl groups is 2. The Kier molecular flexibility index (Phi) is 4.88. The molecule has 0 atom stereocenters. The lowest BCUT2D eigenvalue weighted by Crippen LogP contribution is -2.31. The van der Waals surface area contributed by atoms with Crippen LogP contribution in [0.15, 0.2) is 12.1 Å². The Hall–Kier alpha value is -1.38. The number of hydrogen-bond donors (Lipinski definition) is 2. The topological polar surface area (TPSA) is 43.7 Å². The highest BCUT2D eigenvalue weighted by Gasteiger charge is 2.14. The van der Waals surface area contributed by atoms with Gasteiger partial charge in [0, 0.05) is 36.5 Å². The summed E-state index contributed by atoms with van der Waals surface area (Å²) in [6.07, 6.45) is 0. The summed E-state index contributed by atoms with van der Waals surface area (Å²) in [5.41, 5.74) is 1.42. The smallest absolute Gasteiger partial charge is 0.124 e. The van der Waals surface area contributed by atoms with E-state index in [1.165, 1.54) is 0 Å². The maximum absolute atomic E-state index is 9.81. The Balaban J connectivity index is 3.04. The van der Waals surface area contributed by atoms with Crippen molar-refractivity contribution < 1.29 is 10.2 Å². The van der Waals surface area contributed by atoms with E-state index in [2.05, 4.69) is 32.6 Å². The minimum absolute atomic E-state index is 0.155. The van der Waals surface area contributed by atoms with Gasteiger partial charge in [0.1, 0.15) is 11.5 Å². The number of anilines is 1. The first-order chi connectivity index (χ1) is 8.31. The first kappa shape index (κ1) is 14.7. The largest absolute Gasteiger partial charge is 0.507 e. The van der Waals surface area contributed by atoms with Crippen LogP contribution in [0, 0.1) is 18.8 Å². The molecule has 0 unspecified atom stereocenters. The molecule has 0 amide bonds. The van der Waals surface area contributed by atoms with Gasteiger partial charge in [0.2, 0.25) is 0 Å². The molecule has 0 aliphatic rings. The van der Waals surface area contributed by atoms with Gasteiger partial charge in [-0.15, -0.1) is 0 Å². The highest BCUT2D eigenvalue weighted by atomic mass is 16.3. The zero-order chi connectivity index (χ0) is 13.9. The molecule has 102 valence electrons. The summed E-state index contributed by atoms with van der Waals surface area (Å²) in [7, 11) is 0. The maximum atomic E-state index is 9.81. The second kappa shape index (κ2) is 5.98. The quantitative estimate of drug-likeness (QED) is 0.841. The van der Waals surface area contributed by atoms with E-state index in [4.69, 9.17) is 0 Å². The standard InChI is InChI=1S/C15H25NO2/c1-10(2)8-16(9-11(3)4)13-6-14(17)12(5)15(18)7-13/h6-7,10-11,17-18H,8-9H2,1-5H3. The average Bonchev–Trinajstić information content (AvgIpc) is 2.23. The molecule has 3 nitrogen and oxygen atoms in total. The zero-order valence-corrected chi connectivity index (χ0v) is 12.1. The van der Waals surface area contributed by atoms with Crippen LogP contribution in [-0.2, 0) is 0 Å². The lowest BCUT2D eigenvalue weighted by molar-refractivity contribution is 0.442. The molecule has 0 aromatic heterocycles. The van der Waals surface area contributed by atoms with Gasteiger partial charge in [-0.25, -0.2) is 0 Å². The fourth-order valence-corrected chi connectivity index (χ4v) is 2.02. The molecule has 2 N–H and O–H groups in total. The van der Waals surface area contributed by atoms with Gasteiger partial charge in [0.05, 0.1) is 0 Å². The molecule has 0 aliphatic carbocycles. The Bertz CT molecular complexity index is 366. The van der Waals surface area contributed by atoms with Crippen molar-refractivity contribution >= 4 is 5.69 Å². The highest BCUT2D eigenvalue weighted by Crippen LogP contribution is 2.32. The second-order valence-corrected chi connectivity index (χ2v) is 5.80. The Labute approximate surface area is 110 Å². The molecule has 0 heterocycles. The van der Waals surface area contributed by atoms with Crippen LogP contribution in [0.3, 0.4) is 0 Å². The van der Waals surface area contributed by atoms with E-state index in [1.54, 1.807) is 19.1 Å². The zero-order valence-electron chi connectivity index (χ0n) is 12.1. The van der Waals surface area contributed by atoms with E-state index < -0.39 is 0 Å². The van der Waals surface area contributed by atoms with Crippen LogP contribution in [0.25, 0.3) is 0 Å². The third-order valence-corrected chi connectivity index (χ3v) is 2.87. The molecule has 0 radical (unpaired) electrons. The summed E-state index contributed by atoms with van der Waals surface area (Å²) in [5, 5.41) is 19.6. The molecular weight excluding hydrogens is 226 g/mol. The van der Waals surface area contributed by atoms with Crippen molar-refractivity contribution in [2.24, 2.45) is 11.8 Å². The van der Waals surface area contributed by atoms with Gasteiger partial charge in [-0.2, -0.15) is 0 Å². The molecule has 0 fully saturated rings. The predicted octanol–water partition coefficient (Wildman–Crippen LogP) is 3.52. The Morgan fingerprint density at radius 3 is 1.67 bits per heavy atom. The molecule has 0 bridgehead atoms. The van der Waals surface area contributed by atoms with Crippen LogP contribution in [0.4, 0.5) is 5.69 Å². The van der Waals surface area contributed by atoms with Crippen molar-refractivity contribution in [2.75, 3.05) is 18.0 Å². The molecular formula is C15H25NO2. The number of nitrogens with zero attached hydrogens (tertiary/aromatic N) is 1. The molecule has 1 aromatic carbocycles. The van der Waals surface area contributed by atoms with Gasteiger partial charge in [-0.05, 0) is 18.8 Å². The van der Waals surface area contributed by atoms with Gasteiger partial charge in [0.15, 0.2) is 0 Å². The molecule has 0 saturated carbocycles. The SMILES string of the molecule is Cc1c(O)cc(N(CC(C)C)CC(C)C)cc1O. The second-order valence-electron chi connectivity index (χ2n) is 5.80. The summed E-state index contributed by atoms with van der Waals surface area (Å²) < 4.78 is 0. The van der Waals surface area contributed by atoms with E-state index in [-0.39, 0.29) is 11.5 Å². The third kappa shape index (κ3) is 3.83. The fourth-order valence-electron chi connectivity index (χ4n) is 2.02. The van der Waals surface area contributed by atoms with E-state index in [0.717, 1.165) is 18.8 Å². The monoisotopic (exact) mass is 251 g/mol. The summed E-state index contributed by atoms with van der Waals surface area (Å²) in [6, 6.07) is 3.47. The van der Waals surface area contributed by atoms with Crippen molar-refractivity contribution in [1.82, 2.24) is 0 Å². The number of benzene rings is 1. The van der Waals surface area contributed by atoms with Gasteiger partial charge < -0.3 is 15.1 Å². The maximum Gasteiger partial charge on any atom is 0.124 e. The minimum atomic E-state index is 0.155. The van der Waals surface area contributed by atoms with E-state index in [1.807, 2.05) is 0 Å². The van der Waals surface area contributed by atoms with E-state index in [0.29, 0.717) is 17.4 Å². The highest BCUT2D eigenvalue weighted by molar-refractivity contribution is 5.58. The summed E-state index contributed by atoms with van der Waals surface area (Å²) in [5.74, 6) is 1.38. The minimum Gasteiger partial charge on any atom is -0.507 e. The van der Waals surface area contributed by atoms with Gasteiger partial charge >= 0.3 is 0 Å². The molecule has 0 saturated heterocycles. The number of phenols is 2. The van der Waals surface area contributed by atoms with Crippen molar-refractivity contribution in [3.8, 4) is 11.5 Å². The number of hydrogen-bond acceptors (Lipinski definition) is 3. The lowest BCUT2D eigenvalue weighted by atomic mass is 10.1. The van der Waals surface area contributed by atoms with E-state index in [9.17, 15) is 10.2 Å². The van der Waals surface area contributed by atoms with Crippen LogP contribution < -0.4 is 4.90 Å². The predicted molar refractivity (Wildman–Crippen MR) is 76.4 cm³/mol. The summed E-state index contributed by atoms with van der Waals surface area (Å²) >= 11 is 0. The Morgan fingerprint density at radius 1 is 0.944 bits per heavy atom. The third-order valence-electron chi connectivity index (χ3n) is 2.87. The van der Waals surface area contributed by atoms with E-state index >= 15 is 0 Å². The van der Waals surface area contributed by atoms with Crippen LogP contribution in [0.2, 0.25) is 0 Å². The van der Waals surface area contributed by atoms with Crippen LogP contribution >= 0.6 is 0 Å². The molecule has 1 aromatic rings. The molecule has 3 heteroatoms. The summed E-state index contributed by atoms with van der Waals surface area (Å²) in [4.78, 5) is 2.22.